The van der Waals surface area contributed by atoms with E-state index < -0.39 is 5.41 Å². The van der Waals surface area contributed by atoms with E-state index in [1.54, 1.807) is 0 Å². The molecule has 8 aromatic carbocycles. The fourth-order valence-electron chi connectivity index (χ4n) is 12.0. The highest BCUT2D eigenvalue weighted by Gasteiger charge is 2.47. The molecule has 2 heteroatoms. The van der Waals surface area contributed by atoms with Gasteiger partial charge in [0.1, 0.15) is 0 Å². The zero-order valence-corrected chi connectivity index (χ0v) is 44.5. The van der Waals surface area contributed by atoms with E-state index in [1.807, 2.05) is 0 Å². The average Bonchev–Trinajstić information content (AvgIpc) is 3.64. The van der Waals surface area contributed by atoms with Gasteiger partial charge in [0.15, 0.2) is 0 Å². The molecule has 1 aliphatic carbocycles. The molecule has 0 aromatic heterocycles. The van der Waals surface area contributed by atoms with Crippen molar-refractivity contribution in [3.63, 3.8) is 0 Å². The fraction of sp³-hybridized carbons (Fsp3) is 0.304. The Hall–Kier alpha value is -6.64. The van der Waals surface area contributed by atoms with Gasteiger partial charge in [-0.2, -0.15) is 0 Å². The summed E-state index contributed by atoms with van der Waals surface area (Å²) in [4.78, 5) is 5.04. The third-order valence-corrected chi connectivity index (χ3v) is 15.3. The highest BCUT2D eigenvalue weighted by atomic mass is 15.2. The molecule has 0 heterocycles. The number of hydrogen-bond donors (Lipinski definition) is 0. The molecule has 0 aliphatic heterocycles. The summed E-state index contributed by atoms with van der Waals surface area (Å²) in [5.74, 6) is 0. The summed E-state index contributed by atoms with van der Waals surface area (Å²) in [6.45, 7) is 22.5. The van der Waals surface area contributed by atoms with Crippen LogP contribution < -0.4 is 9.80 Å². The predicted molar refractivity (Wildman–Crippen MR) is 307 cm³/mol. The Morgan fingerprint density at radius 1 is 0.324 bits per heavy atom. The van der Waals surface area contributed by atoms with Crippen LogP contribution in [-0.2, 0) is 18.3 Å². The lowest BCUT2D eigenvalue weighted by Gasteiger charge is -2.36. The number of aryl methyl sites for hydroxylation is 10. The molecular weight excluding hydrogens is 857 g/mol. The normalized spacial score (nSPS) is 12.5. The van der Waals surface area contributed by atoms with Crippen LogP contribution in [0.2, 0.25) is 0 Å². The van der Waals surface area contributed by atoms with Crippen LogP contribution in [0.25, 0.3) is 11.1 Å². The number of rotatable bonds is 18. The van der Waals surface area contributed by atoms with Gasteiger partial charge in [-0.25, -0.2) is 0 Å². The van der Waals surface area contributed by atoms with Gasteiger partial charge in [-0.3, -0.25) is 0 Å². The molecule has 0 spiro atoms. The molecule has 0 bridgehead atoms. The molecule has 0 saturated heterocycles. The Bertz CT molecular complexity index is 2860. The number of benzene rings is 8. The van der Waals surface area contributed by atoms with E-state index in [0.29, 0.717) is 0 Å². The SMILES string of the molecule is CCCCCCc1ccc(C2(c3ccc(CCCCCC)cc3)c3cc(N(c4ccc(C)cc4)c4c(C)cc(C)cc4C)ccc3-c3ccc(N(c4ccc(C)cc4)c4c(C)cc(C)cc4C)cc32)cc1. The van der Waals surface area contributed by atoms with Crippen molar-refractivity contribution < 1.29 is 0 Å². The summed E-state index contributed by atoms with van der Waals surface area (Å²) in [5, 5.41) is 0. The van der Waals surface area contributed by atoms with Crippen LogP contribution in [0.1, 0.15) is 143 Å². The van der Waals surface area contributed by atoms with Crippen molar-refractivity contribution in [2.24, 2.45) is 0 Å². The van der Waals surface area contributed by atoms with Crippen molar-refractivity contribution in [2.45, 2.75) is 139 Å². The third-order valence-electron chi connectivity index (χ3n) is 15.3. The molecule has 0 N–H and O–H groups in total. The monoisotopic (exact) mass is 933 g/mol. The largest absolute Gasteiger partial charge is 0.310 e. The lowest BCUT2D eigenvalue weighted by Crippen LogP contribution is -2.29. The Kier molecular flexibility index (Phi) is 14.9. The minimum atomic E-state index is -0.634. The molecule has 0 saturated carbocycles. The third kappa shape index (κ3) is 9.88. The summed E-state index contributed by atoms with van der Waals surface area (Å²) < 4.78 is 0. The number of hydrogen-bond acceptors (Lipinski definition) is 2. The Morgan fingerprint density at radius 3 is 1.00 bits per heavy atom. The van der Waals surface area contributed by atoms with E-state index in [0.717, 1.165) is 35.6 Å². The summed E-state index contributed by atoms with van der Waals surface area (Å²) in [6.07, 6.45) is 12.3. The maximum Gasteiger partial charge on any atom is 0.0715 e. The summed E-state index contributed by atoms with van der Waals surface area (Å²) in [6, 6.07) is 61.9. The quantitative estimate of drug-likeness (QED) is 0.0791. The van der Waals surface area contributed by atoms with Gasteiger partial charge in [0.05, 0.1) is 16.8 Å². The lowest BCUT2D eigenvalue weighted by atomic mass is 9.67. The first-order chi connectivity index (χ1) is 34.4. The smallest absolute Gasteiger partial charge is 0.0715 e. The topological polar surface area (TPSA) is 6.48 Å². The Labute approximate surface area is 427 Å². The predicted octanol–water partition coefficient (Wildman–Crippen LogP) is 19.7. The van der Waals surface area contributed by atoms with Crippen LogP contribution >= 0.6 is 0 Å². The molecule has 1 aliphatic rings. The summed E-state index contributed by atoms with van der Waals surface area (Å²) in [5.41, 5.74) is 27.2. The van der Waals surface area contributed by atoms with E-state index in [9.17, 15) is 0 Å². The standard InChI is InChI=1S/C69H76N2/c1-11-13-15-17-19-55-25-29-57(30-26-55)69(58-31-27-56(28-32-58)20-18-16-14-12-2)65-45-61(70(59-33-21-47(3)22-34-59)67-51(7)41-49(5)42-52(67)8)37-39-63(65)64-40-38-62(46-66(64)69)71(60-35-23-48(4)24-36-60)68-53(9)43-50(6)44-54(68)10/h21-46H,11-20H2,1-10H3. The molecule has 0 atom stereocenters. The summed E-state index contributed by atoms with van der Waals surface area (Å²) in [7, 11) is 0. The van der Waals surface area contributed by atoms with Gasteiger partial charge in [-0.1, -0.05) is 184 Å². The first kappa shape index (κ1) is 49.3. The highest BCUT2D eigenvalue weighted by Crippen LogP contribution is 2.59. The van der Waals surface area contributed by atoms with Crippen molar-refractivity contribution in [1.29, 1.82) is 0 Å². The van der Waals surface area contributed by atoms with E-state index in [4.69, 9.17) is 0 Å². The van der Waals surface area contributed by atoms with Crippen LogP contribution in [0.15, 0.2) is 158 Å². The van der Waals surface area contributed by atoms with Crippen LogP contribution in [0.4, 0.5) is 34.1 Å². The van der Waals surface area contributed by atoms with Gasteiger partial charge in [0.25, 0.3) is 0 Å². The van der Waals surface area contributed by atoms with Crippen LogP contribution in [0.3, 0.4) is 0 Å². The molecular formula is C69H76N2. The molecule has 0 radical (unpaired) electrons. The van der Waals surface area contributed by atoms with Crippen molar-refractivity contribution in [2.75, 3.05) is 9.80 Å². The molecule has 0 amide bonds. The zero-order chi connectivity index (χ0) is 49.8. The maximum absolute atomic E-state index is 2.55. The van der Waals surface area contributed by atoms with Crippen LogP contribution in [-0.4, -0.2) is 0 Å². The maximum atomic E-state index is 2.55. The van der Waals surface area contributed by atoms with Gasteiger partial charge >= 0.3 is 0 Å². The van der Waals surface area contributed by atoms with Crippen molar-refractivity contribution in [3.05, 3.63) is 236 Å². The van der Waals surface area contributed by atoms with Gasteiger partial charge in [0.2, 0.25) is 0 Å². The molecule has 8 aromatic rings. The number of nitrogens with zero attached hydrogens (tertiary/aromatic N) is 2. The minimum Gasteiger partial charge on any atom is -0.310 e. The van der Waals surface area contributed by atoms with Crippen molar-refractivity contribution >= 4 is 34.1 Å². The van der Waals surface area contributed by atoms with E-state index in [1.165, 1.54) is 152 Å². The second-order valence-electron chi connectivity index (χ2n) is 21.1. The molecule has 9 rings (SSSR count). The number of fused-ring (bicyclic) bond motifs is 3. The highest BCUT2D eigenvalue weighted by molar-refractivity contribution is 5.93. The van der Waals surface area contributed by atoms with Gasteiger partial charge in [-0.05, 0) is 196 Å². The minimum absolute atomic E-state index is 0.634. The molecule has 71 heavy (non-hydrogen) atoms. The molecule has 0 unspecified atom stereocenters. The second kappa shape index (κ2) is 21.4. The molecule has 2 nitrogen and oxygen atoms in total. The van der Waals surface area contributed by atoms with Crippen molar-refractivity contribution in [3.8, 4) is 11.1 Å². The molecule has 0 fully saturated rings. The average molecular weight is 933 g/mol. The van der Waals surface area contributed by atoms with Crippen molar-refractivity contribution in [1.82, 2.24) is 0 Å². The molecule has 362 valence electrons. The summed E-state index contributed by atoms with van der Waals surface area (Å²) >= 11 is 0. The van der Waals surface area contributed by atoms with E-state index >= 15 is 0 Å². The van der Waals surface area contributed by atoms with Gasteiger partial charge in [-0.15, -0.1) is 0 Å². The first-order valence-electron chi connectivity index (χ1n) is 26.8. The van der Waals surface area contributed by atoms with Crippen LogP contribution in [0.5, 0.6) is 0 Å². The lowest BCUT2D eigenvalue weighted by molar-refractivity contribution is 0.666. The van der Waals surface area contributed by atoms with Gasteiger partial charge in [0, 0.05) is 22.7 Å². The van der Waals surface area contributed by atoms with E-state index in [2.05, 4.69) is 237 Å². The second-order valence-corrected chi connectivity index (χ2v) is 21.1. The fourth-order valence-corrected chi connectivity index (χ4v) is 12.0. The number of anilines is 6. The van der Waals surface area contributed by atoms with Crippen LogP contribution in [0, 0.1) is 55.4 Å². The first-order valence-corrected chi connectivity index (χ1v) is 26.8. The number of unbranched alkanes of at least 4 members (excludes halogenated alkanes) is 6. The van der Waals surface area contributed by atoms with Gasteiger partial charge < -0.3 is 9.80 Å². The zero-order valence-electron chi connectivity index (χ0n) is 44.5. The Morgan fingerprint density at radius 2 is 0.662 bits per heavy atom. The van der Waals surface area contributed by atoms with E-state index in [-0.39, 0.29) is 0 Å². The Balaban J connectivity index is 1.34.